The average Bonchev–Trinajstić information content (AvgIpc) is 3.24. The zero-order chi connectivity index (χ0) is 15.5. The van der Waals surface area contributed by atoms with E-state index >= 15 is 0 Å². The first-order valence-corrected chi connectivity index (χ1v) is 8.52. The summed E-state index contributed by atoms with van der Waals surface area (Å²) in [5.41, 5.74) is 5.89. The van der Waals surface area contributed by atoms with Gasteiger partial charge in [-0.3, -0.25) is 4.98 Å². The van der Waals surface area contributed by atoms with E-state index in [-0.39, 0.29) is 15.3 Å². The molecule has 1 aromatic heterocycles. The molecule has 0 aliphatic heterocycles. The van der Waals surface area contributed by atoms with Crippen molar-refractivity contribution in [2.45, 2.75) is 24.2 Å². The number of ether oxygens (including phenoxy) is 1. The summed E-state index contributed by atoms with van der Waals surface area (Å²) in [7, 11) is -1.91. The lowest BCUT2D eigenvalue weighted by atomic mass is 10.0. The Labute approximate surface area is 130 Å². The summed E-state index contributed by atoms with van der Waals surface area (Å²) < 4.78 is 32.1. The Morgan fingerprint density at radius 2 is 2.24 bits per heavy atom. The SMILES string of the molecule is COCCC1(CNS(=O)(=O)c2ccc(C(N)=S)nc2)CC1. The van der Waals surface area contributed by atoms with Crippen LogP contribution >= 0.6 is 12.2 Å². The highest BCUT2D eigenvalue weighted by atomic mass is 32.2. The van der Waals surface area contributed by atoms with Crippen LogP contribution in [-0.2, 0) is 14.8 Å². The number of methoxy groups -OCH3 is 1. The van der Waals surface area contributed by atoms with Gasteiger partial charge in [0.15, 0.2) is 0 Å². The largest absolute Gasteiger partial charge is 0.388 e. The Morgan fingerprint density at radius 3 is 2.71 bits per heavy atom. The smallest absolute Gasteiger partial charge is 0.242 e. The van der Waals surface area contributed by atoms with Gasteiger partial charge in [0.05, 0.1) is 5.69 Å². The van der Waals surface area contributed by atoms with E-state index in [1.807, 2.05) is 0 Å². The maximum Gasteiger partial charge on any atom is 0.242 e. The number of sulfonamides is 1. The summed E-state index contributed by atoms with van der Waals surface area (Å²) in [6, 6.07) is 2.97. The maximum absolute atomic E-state index is 12.2. The van der Waals surface area contributed by atoms with Crippen LogP contribution in [0.5, 0.6) is 0 Å². The third kappa shape index (κ3) is 4.19. The van der Waals surface area contributed by atoms with E-state index in [4.69, 9.17) is 22.7 Å². The summed E-state index contributed by atoms with van der Waals surface area (Å²) in [5.74, 6) is 0. The van der Waals surface area contributed by atoms with Crippen molar-refractivity contribution in [1.29, 1.82) is 0 Å². The van der Waals surface area contributed by atoms with Crippen LogP contribution in [0.1, 0.15) is 25.0 Å². The van der Waals surface area contributed by atoms with Gasteiger partial charge in [-0.05, 0) is 36.8 Å². The summed E-state index contributed by atoms with van der Waals surface area (Å²) >= 11 is 4.79. The molecule has 116 valence electrons. The van der Waals surface area contributed by atoms with Gasteiger partial charge in [-0.25, -0.2) is 13.1 Å². The molecule has 1 saturated carbocycles. The summed E-state index contributed by atoms with van der Waals surface area (Å²) in [5, 5.41) is 0. The van der Waals surface area contributed by atoms with Gasteiger partial charge in [0.25, 0.3) is 0 Å². The Kier molecular flexibility index (Phi) is 4.92. The van der Waals surface area contributed by atoms with Gasteiger partial charge in [-0.2, -0.15) is 0 Å². The minimum Gasteiger partial charge on any atom is -0.388 e. The molecule has 8 heteroatoms. The van der Waals surface area contributed by atoms with E-state index in [0.717, 1.165) is 19.3 Å². The molecule has 0 radical (unpaired) electrons. The molecule has 0 spiro atoms. The van der Waals surface area contributed by atoms with Gasteiger partial charge >= 0.3 is 0 Å². The summed E-state index contributed by atoms with van der Waals surface area (Å²) in [4.78, 5) is 4.21. The van der Waals surface area contributed by atoms with Crippen molar-refractivity contribution in [2.75, 3.05) is 20.3 Å². The zero-order valence-corrected chi connectivity index (χ0v) is 13.5. The standard InChI is InChI=1S/C13H19N3O3S2/c1-19-7-6-13(4-5-13)9-16-21(17,18)10-2-3-11(12(14)20)15-8-10/h2-3,8,16H,4-7,9H2,1H3,(H2,14,20). The van der Waals surface area contributed by atoms with Gasteiger partial charge < -0.3 is 10.5 Å². The molecule has 0 bridgehead atoms. The van der Waals surface area contributed by atoms with Gasteiger partial charge in [-0.15, -0.1) is 0 Å². The van der Waals surface area contributed by atoms with Crippen LogP contribution in [0.2, 0.25) is 0 Å². The molecule has 1 heterocycles. The second-order valence-electron chi connectivity index (χ2n) is 5.31. The Hall–Kier alpha value is -1.09. The minimum atomic E-state index is -3.56. The van der Waals surface area contributed by atoms with Crippen molar-refractivity contribution in [3.05, 3.63) is 24.0 Å². The van der Waals surface area contributed by atoms with E-state index in [0.29, 0.717) is 18.8 Å². The number of hydrogen-bond donors (Lipinski definition) is 2. The van der Waals surface area contributed by atoms with Gasteiger partial charge in [0, 0.05) is 26.5 Å². The summed E-state index contributed by atoms with van der Waals surface area (Å²) in [6.07, 6.45) is 4.19. The lowest BCUT2D eigenvalue weighted by Crippen LogP contribution is -2.31. The minimum absolute atomic E-state index is 0.0509. The van der Waals surface area contributed by atoms with Crippen molar-refractivity contribution >= 4 is 27.2 Å². The highest BCUT2D eigenvalue weighted by Crippen LogP contribution is 2.48. The van der Waals surface area contributed by atoms with Crippen LogP contribution in [0.3, 0.4) is 0 Å². The van der Waals surface area contributed by atoms with Crippen LogP contribution in [0, 0.1) is 5.41 Å². The fourth-order valence-electron chi connectivity index (χ4n) is 2.03. The maximum atomic E-state index is 12.2. The van der Waals surface area contributed by atoms with E-state index in [1.165, 1.54) is 18.3 Å². The lowest BCUT2D eigenvalue weighted by Gasteiger charge is -2.15. The predicted octanol–water partition coefficient (Wildman–Crippen LogP) is 0.811. The third-order valence-corrected chi connectivity index (χ3v) is 5.33. The van der Waals surface area contributed by atoms with Crippen LogP contribution < -0.4 is 10.5 Å². The first-order valence-electron chi connectivity index (χ1n) is 6.63. The molecule has 0 saturated heterocycles. The predicted molar refractivity (Wildman–Crippen MR) is 83.5 cm³/mol. The van der Waals surface area contributed by atoms with E-state index in [1.54, 1.807) is 7.11 Å². The number of nitrogens with zero attached hydrogens (tertiary/aromatic N) is 1. The molecule has 21 heavy (non-hydrogen) atoms. The first kappa shape index (κ1) is 16.3. The molecule has 1 fully saturated rings. The fourth-order valence-corrected chi connectivity index (χ4v) is 3.25. The molecule has 6 nitrogen and oxygen atoms in total. The molecule has 1 aromatic rings. The Morgan fingerprint density at radius 1 is 1.52 bits per heavy atom. The zero-order valence-electron chi connectivity index (χ0n) is 11.8. The second kappa shape index (κ2) is 6.35. The summed E-state index contributed by atoms with van der Waals surface area (Å²) in [6.45, 7) is 1.07. The van der Waals surface area contributed by atoms with Gasteiger partial charge in [-0.1, -0.05) is 12.2 Å². The molecular weight excluding hydrogens is 310 g/mol. The van der Waals surface area contributed by atoms with Crippen LogP contribution in [0.25, 0.3) is 0 Å². The van der Waals surface area contributed by atoms with Crippen LogP contribution in [-0.4, -0.2) is 38.7 Å². The topological polar surface area (TPSA) is 94.3 Å². The molecular formula is C13H19N3O3S2. The molecule has 0 unspecified atom stereocenters. The number of nitrogens with two attached hydrogens (primary N) is 1. The van der Waals surface area contributed by atoms with Gasteiger partial charge in [0.2, 0.25) is 10.0 Å². The number of aromatic nitrogens is 1. The normalized spacial score (nSPS) is 16.6. The fraction of sp³-hybridized carbons (Fsp3) is 0.538. The quantitative estimate of drug-likeness (QED) is 0.686. The molecule has 2 rings (SSSR count). The average molecular weight is 329 g/mol. The van der Waals surface area contributed by atoms with Crippen molar-refractivity contribution < 1.29 is 13.2 Å². The molecule has 0 aromatic carbocycles. The molecule has 1 aliphatic carbocycles. The van der Waals surface area contributed by atoms with Crippen molar-refractivity contribution in [2.24, 2.45) is 11.1 Å². The molecule has 0 amide bonds. The van der Waals surface area contributed by atoms with Crippen molar-refractivity contribution in [1.82, 2.24) is 9.71 Å². The first-order chi connectivity index (χ1) is 9.88. The van der Waals surface area contributed by atoms with E-state index < -0.39 is 10.0 Å². The molecule has 1 aliphatic rings. The number of rotatable bonds is 8. The van der Waals surface area contributed by atoms with Crippen LogP contribution in [0.15, 0.2) is 23.2 Å². The Bertz CT molecular complexity index is 610. The highest BCUT2D eigenvalue weighted by molar-refractivity contribution is 7.89. The van der Waals surface area contributed by atoms with Gasteiger partial charge in [0.1, 0.15) is 9.88 Å². The van der Waals surface area contributed by atoms with Crippen molar-refractivity contribution in [3.8, 4) is 0 Å². The number of thiocarbonyl (C=S) groups is 1. The lowest BCUT2D eigenvalue weighted by molar-refractivity contribution is 0.173. The third-order valence-electron chi connectivity index (χ3n) is 3.73. The highest BCUT2D eigenvalue weighted by Gasteiger charge is 2.42. The molecule has 3 N–H and O–H groups in total. The van der Waals surface area contributed by atoms with Crippen LogP contribution in [0.4, 0.5) is 0 Å². The van der Waals surface area contributed by atoms with E-state index in [9.17, 15) is 8.42 Å². The molecule has 0 atom stereocenters. The second-order valence-corrected chi connectivity index (χ2v) is 7.52. The number of pyridine rings is 1. The van der Waals surface area contributed by atoms with E-state index in [2.05, 4.69) is 9.71 Å². The monoisotopic (exact) mass is 329 g/mol. The van der Waals surface area contributed by atoms with Crippen molar-refractivity contribution in [3.63, 3.8) is 0 Å². The number of nitrogens with one attached hydrogen (secondary N) is 1. The Balaban J connectivity index is 2.00. The number of hydrogen-bond acceptors (Lipinski definition) is 5.